The summed E-state index contributed by atoms with van der Waals surface area (Å²) in [5.74, 6) is -1.24. The van der Waals surface area contributed by atoms with Crippen molar-refractivity contribution < 1.29 is 23.1 Å². The average Bonchev–Trinajstić information content (AvgIpc) is 2.86. The molecular weight excluding hydrogens is 322 g/mol. The molecule has 2 aliphatic rings. The maximum absolute atomic E-state index is 12.4. The number of sulfonamides is 1. The molecular formula is C14H11N3O5S. The number of carboxylic acid groups (broad SMARTS) is 1. The molecule has 1 heterocycles. The standard InChI is InChI=1S/C14H11N3O5S/c18-13(19)9-3-1-2-4-10(9)17-23(21,22)8-5-6-11-12(7-8)16-14(20)15-11/h1-8,17H,(H,16,20)(H,18,19). The van der Waals surface area contributed by atoms with Crippen molar-refractivity contribution in [3.63, 3.8) is 0 Å². The van der Waals surface area contributed by atoms with Crippen molar-refractivity contribution in [1.82, 2.24) is 5.32 Å². The number of carbonyl (C=O) groups excluding carboxylic acids is 1. The highest BCUT2D eigenvalue weighted by molar-refractivity contribution is 7.93. The van der Waals surface area contributed by atoms with E-state index >= 15 is 0 Å². The third-order valence-corrected chi connectivity index (χ3v) is 4.80. The van der Waals surface area contributed by atoms with E-state index in [-0.39, 0.29) is 11.3 Å². The summed E-state index contributed by atoms with van der Waals surface area (Å²) in [6.07, 6.45) is 4.14. The zero-order valence-corrected chi connectivity index (χ0v) is 12.4. The minimum atomic E-state index is -3.93. The van der Waals surface area contributed by atoms with E-state index in [1.807, 2.05) is 0 Å². The molecule has 0 radical (unpaired) electrons. The lowest BCUT2D eigenvalue weighted by atomic mass is 10.1. The van der Waals surface area contributed by atoms with Crippen LogP contribution in [0.3, 0.4) is 0 Å². The van der Waals surface area contributed by atoms with Crippen LogP contribution in [0.25, 0.3) is 0 Å². The van der Waals surface area contributed by atoms with E-state index in [1.54, 1.807) is 0 Å². The number of hydrogen-bond donors (Lipinski definition) is 3. The third-order valence-electron chi connectivity index (χ3n) is 3.28. The van der Waals surface area contributed by atoms with Gasteiger partial charge in [0.05, 0.1) is 22.7 Å². The molecule has 118 valence electrons. The largest absolute Gasteiger partial charge is 0.478 e. The van der Waals surface area contributed by atoms with E-state index in [9.17, 15) is 18.0 Å². The number of benzene rings is 1. The average molecular weight is 333 g/mol. The van der Waals surface area contributed by atoms with Gasteiger partial charge >= 0.3 is 12.0 Å². The number of allylic oxidation sites excluding steroid dienone is 1. The number of nitrogens with zero attached hydrogens (tertiary/aromatic N) is 1. The van der Waals surface area contributed by atoms with Crippen molar-refractivity contribution in [3.8, 4) is 0 Å². The number of aliphatic imine (C=N–C) groups is 1. The summed E-state index contributed by atoms with van der Waals surface area (Å²) in [7, 11) is -3.93. The van der Waals surface area contributed by atoms with Crippen LogP contribution in [0.5, 0.6) is 0 Å². The fourth-order valence-electron chi connectivity index (χ4n) is 2.21. The van der Waals surface area contributed by atoms with Crippen LogP contribution in [0.2, 0.25) is 0 Å². The SMILES string of the molecule is O=C1N=C2C=CC(S(=O)(=O)Nc3ccccc3C(=O)O)C=C2N1. The van der Waals surface area contributed by atoms with Crippen LogP contribution in [-0.2, 0) is 10.0 Å². The van der Waals surface area contributed by atoms with E-state index in [0.717, 1.165) is 0 Å². The zero-order valence-electron chi connectivity index (χ0n) is 11.6. The first kappa shape index (κ1) is 15.0. The Balaban J connectivity index is 1.90. The van der Waals surface area contributed by atoms with E-state index in [1.165, 1.54) is 42.5 Å². The quantitative estimate of drug-likeness (QED) is 0.761. The first-order chi connectivity index (χ1) is 10.9. The molecule has 23 heavy (non-hydrogen) atoms. The number of carbonyl (C=O) groups is 2. The number of para-hydroxylation sites is 1. The third kappa shape index (κ3) is 2.86. The van der Waals surface area contributed by atoms with Gasteiger partial charge in [0.15, 0.2) is 0 Å². The van der Waals surface area contributed by atoms with Gasteiger partial charge in [-0.3, -0.25) is 4.72 Å². The molecule has 1 aromatic carbocycles. The maximum atomic E-state index is 12.4. The molecule has 2 amide bonds. The van der Waals surface area contributed by atoms with Crippen LogP contribution in [0.1, 0.15) is 10.4 Å². The van der Waals surface area contributed by atoms with Crippen LogP contribution in [0.4, 0.5) is 10.5 Å². The van der Waals surface area contributed by atoms with Crippen molar-refractivity contribution in [3.05, 3.63) is 53.8 Å². The van der Waals surface area contributed by atoms with Gasteiger partial charge < -0.3 is 10.4 Å². The van der Waals surface area contributed by atoms with Gasteiger partial charge in [-0.1, -0.05) is 18.2 Å². The monoisotopic (exact) mass is 333 g/mol. The summed E-state index contributed by atoms with van der Waals surface area (Å²) < 4.78 is 27.2. The Morgan fingerprint density at radius 3 is 2.78 bits per heavy atom. The second-order valence-electron chi connectivity index (χ2n) is 4.83. The normalized spacial score (nSPS) is 19.5. The molecule has 0 spiro atoms. The van der Waals surface area contributed by atoms with Crippen LogP contribution >= 0.6 is 0 Å². The molecule has 0 bridgehead atoms. The minimum Gasteiger partial charge on any atom is -0.478 e. The van der Waals surface area contributed by atoms with E-state index in [0.29, 0.717) is 11.4 Å². The van der Waals surface area contributed by atoms with Gasteiger partial charge in [-0.05, 0) is 24.3 Å². The minimum absolute atomic E-state index is 0.0262. The second-order valence-corrected chi connectivity index (χ2v) is 6.67. The fourth-order valence-corrected chi connectivity index (χ4v) is 3.43. The number of fused-ring (bicyclic) bond motifs is 1. The Kier molecular flexibility index (Phi) is 3.49. The molecule has 0 saturated carbocycles. The summed E-state index contributed by atoms with van der Waals surface area (Å²) in [6.45, 7) is 0. The lowest BCUT2D eigenvalue weighted by Crippen LogP contribution is -2.29. The molecule has 3 N–H and O–H groups in total. The summed E-state index contributed by atoms with van der Waals surface area (Å²) in [5, 5.41) is 10.5. The Morgan fingerprint density at radius 1 is 1.30 bits per heavy atom. The lowest BCUT2D eigenvalue weighted by molar-refractivity contribution is 0.0698. The molecule has 1 aliphatic carbocycles. The van der Waals surface area contributed by atoms with Crippen molar-refractivity contribution in [2.24, 2.45) is 4.99 Å². The number of carboxylic acids is 1. The molecule has 1 aromatic rings. The summed E-state index contributed by atoms with van der Waals surface area (Å²) in [4.78, 5) is 26.0. The molecule has 1 unspecified atom stereocenters. The van der Waals surface area contributed by atoms with Gasteiger partial charge in [-0.25, -0.2) is 18.0 Å². The van der Waals surface area contributed by atoms with Crippen molar-refractivity contribution in [1.29, 1.82) is 0 Å². The van der Waals surface area contributed by atoms with E-state index < -0.39 is 27.3 Å². The van der Waals surface area contributed by atoms with Crippen LogP contribution in [-0.4, -0.2) is 36.5 Å². The van der Waals surface area contributed by atoms with E-state index in [2.05, 4.69) is 15.0 Å². The molecule has 3 rings (SSSR count). The number of nitrogens with one attached hydrogen (secondary N) is 2. The molecule has 0 saturated heterocycles. The van der Waals surface area contributed by atoms with Crippen LogP contribution in [0.15, 0.2) is 53.2 Å². The number of rotatable bonds is 4. The Bertz CT molecular complexity index is 899. The summed E-state index contributed by atoms with van der Waals surface area (Å²) in [6, 6.07) is 5.14. The van der Waals surface area contributed by atoms with Crippen LogP contribution in [0, 0.1) is 0 Å². The first-order valence-electron chi connectivity index (χ1n) is 6.51. The fraction of sp³-hybridized carbons (Fsp3) is 0.0714. The number of hydrogen-bond acceptors (Lipinski definition) is 4. The van der Waals surface area contributed by atoms with Crippen molar-refractivity contribution in [2.75, 3.05) is 4.72 Å². The molecule has 8 nitrogen and oxygen atoms in total. The predicted octanol–water partition coefficient (Wildman–Crippen LogP) is 1.11. The topological polar surface area (TPSA) is 125 Å². The number of aromatic carboxylic acids is 1. The maximum Gasteiger partial charge on any atom is 0.346 e. The predicted molar refractivity (Wildman–Crippen MR) is 82.9 cm³/mol. The highest BCUT2D eigenvalue weighted by Crippen LogP contribution is 2.22. The molecule has 9 heteroatoms. The highest BCUT2D eigenvalue weighted by Gasteiger charge is 2.29. The Hall–Kier alpha value is -2.94. The van der Waals surface area contributed by atoms with Gasteiger partial charge in [0.1, 0.15) is 5.25 Å². The smallest absolute Gasteiger partial charge is 0.346 e. The van der Waals surface area contributed by atoms with Gasteiger partial charge in [-0.15, -0.1) is 0 Å². The molecule has 0 aromatic heterocycles. The van der Waals surface area contributed by atoms with Gasteiger partial charge in [-0.2, -0.15) is 4.99 Å². The van der Waals surface area contributed by atoms with E-state index in [4.69, 9.17) is 5.11 Å². The number of amides is 2. The zero-order chi connectivity index (χ0) is 16.6. The Labute approximate surface area is 131 Å². The van der Waals surface area contributed by atoms with Crippen LogP contribution < -0.4 is 10.0 Å². The summed E-state index contributed by atoms with van der Waals surface area (Å²) >= 11 is 0. The Morgan fingerprint density at radius 2 is 2.04 bits per heavy atom. The molecule has 1 atom stereocenters. The van der Waals surface area contributed by atoms with Gasteiger partial charge in [0, 0.05) is 0 Å². The summed E-state index contributed by atoms with van der Waals surface area (Å²) in [5.41, 5.74) is 0.508. The first-order valence-corrected chi connectivity index (χ1v) is 8.05. The van der Waals surface area contributed by atoms with Gasteiger partial charge in [0.25, 0.3) is 0 Å². The molecule has 1 aliphatic heterocycles. The number of urea groups is 1. The molecule has 0 fully saturated rings. The highest BCUT2D eigenvalue weighted by atomic mass is 32.2. The second kappa shape index (κ2) is 5.36. The van der Waals surface area contributed by atoms with Crippen molar-refractivity contribution >= 4 is 33.4 Å². The number of anilines is 1. The van der Waals surface area contributed by atoms with Crippen molar-refractivity contribution in [2.45, 2.75) is 5.25 Å². The lowest BCUT2D eigenvalue weighted by Gasteiger charge is -2.17. The van der Waals surface area contributed by atoms with Gasteiger partial charge in [0.2, 0.25) is 10.0 Å².